The minimum Gasteiger partial charge on any atom is -0.365 e. The zero-order valence-corrected chi connectivity index (χ0v) is 13.8. The van der Waals surface area contributed by atoms with Crippen LogP contribution >= 0.6 is 15.9 Å². The van der Waals surface area contributed by atoms with Crippen molar-refractivity contribution in [2.45, 2.75) is 6.29 Å². The summed E-state index contributed by atoms with van der Waals surface area (Å²) in [5, 5.41) is 9.28. The van der Waals surface area contributed by atoms with E-state index in [-0.39, 0.29) is 0 Å². The van der Waals surface area contributed by atoms with Gasteiger partial charge in [-0.05, 0) is 48.0 Å². The van der Waals surface area contributed by atoms with Crippen molar-refractivity contribution in [3.05, 3.63) is 69.7 Å². The fourth-order valence-corrected chi connectivity index (χ4v) is 2.12. The Morgan fingerprint density at radius 2 is 2.00 bits per heavy atom. The molecule has 1 unspecified atom stereocenters. The molecule has 0 aliphatic rings. The highest BCUT2D eigenvalue weighted by molar-refractivity contribution is 9.10. The molecule has 0 aliphatic carbocycles. The number of hydrogen-bond acceptors (Lipinski definition) is 3. The maximum atomic E-state index is 13.7. The van der Waals surface area contributed by atoms with Gasteiger partial charge in [-0.2, -0.15) is 0 Å². The van der Waals surface area contributed by atoms with Gasteiger partial charge in [0.25, 0.3) is 0 Å². The Kier molecular flexibility index (Phi) is 6.15. The Labute approximate surface area is 141 Å². The maximum Gasteiger partial charge on any atom is 0.174 e. The lowest BCUT2D eigenvalue weighted by atomic mass is 10.1. The van der Waals surface area contributed by atoms with E-state index in [0.29, 0.717) is 21.3 Å². The Hall–Kier alpha value is -1.89. The third-order valence-electron chi connectivity index (χ3n) is 2.91. The lowest BCUT2D eigenvalue weighted by molar-refractivity contribution is -0.0350. The molecule has 0 fully saturated rings. The molecule has 3 nitrogen and oxygen atoms in total. The lowest BCUT2D eigenvalue weighted by Crippen LogP contribution is -2.03. The molecule has 23 heavy (non-hydrogen) atoms. The van der Waals surface area contributed by atoms with Crippen molar-refractivity contribution in [2.24, 2.45) is 4.99 Å². The summed E-state index contributed by atoms with van der Waals surface area (Å²) in [6, 6.07) is 8.71. The van der Waals surface area contributed by atoms with Crippen LogP contribution in [0.2, 0.25) is 0 Å². The molecule has 0 amide bonds. The highest BCUT2D eigenvalue weighted by Gasteiger charge is 2.02. The molecule has 0 radical (unpaired) electrons. The summed E-state index contributed by atoms with van der Waals surface area (Å²) in [7, 11) is 1.35. The quantitative estimate of drug-likeness (QED) is 0.613. The van der Waals surface area contributed by atoms with Crippen LogP contribution < -0.4 is 0 Å². The number of aliphatic hydroxyl groups excluding tert-OH is 1. The van der Waals surface area contributed by atoms with Crippen molar-refractivity contribution >= 4 is 33.9 Å². The molecule has 2 aromatic rings. The van der Waals surface area contributed by atoms with Gasteiger partial charge >= 0.3 is 0 Å². The van der Waals surface area contributed by atoms with Crippen LogP contribution in [0.25, 0.3) is 6.08 Å². The van der Waals surface area contributed by atoms with Crippen molar-refractivity contribution in [1.29, 1.82) is 0 Å². The molecule has 0 saturated heterocycles. The van der Waals surface area contributed by atoms with Crippen LogP contribution in [0, 0.1) is 11.6 Å². The SMILES string of the molecule is COC(O)C=Cc1cc(F)cc(N=Cc2ccc(Br)cc2F)c1. The summed E-state index contributed by atoms with van der Waals surface area (Å²) in [5.74, 6) is -0.912. The smallest absolute Gasteiger partial charge is 0.174 e. The summed E-state index contributed by atoms with van der Waals surface area (Å²) in [5.41, 5.74) is 1.13. The van der Waals surface area contributed by atoms with Gasteiger partial charge in [0.15, 0.2) is 6.29 Å². The van der Waals surface area contributed by atoms with E-state index in [2.05, 4.69) is 25.7 Å². The Morgan fingerprint density at radius 3 is 2.70 bits per heavy atom. The number of methoxy groups -OCH3 is 1. The predicted molar refractivity (Wildman–Crippen MR) is 89.8 cm³/mol. The third kappa shape index (κ3) is 5.35. The van der Waals surface area contributed by atoms with Crippen LogP contribution in [0.5, 0.6) is 0 Å². The summed E-state index contributed by atoms with van der Waals surface area (Å²) >= 11 is 3.17. The van der Waals surface area contributed by atoms with Crippen molar-refractivity contribution in [1.82, 2.24) is 0 Å². The third-order valence-corrected chi connectivity index (χ3v) is 3.41. The van der Waals surface area contributed by atoms with E-state index >= 15 is 0 Å². The highest BCUT2D eigenvalue weighted by Crippen LogP contribution is 2.20. The van der Waals surface area contributed by atoms with E-state index in [1.165, 1.54) is 43.7 Å². The first-order chi connectivity index (χ1) is 11.0. The molecule has 0 aliphatic heterocycles. The van der Waals surface area contributed by atoms with E-state index in [9.17, 15) is 13.9 Å². The van der Waals surface area contributed by atoms with Gasteiger partial charge in [0, 0.05) is 23.4 Å². The largest absolute Gasteiger partial charge is 0.365 e. The minimum atomic E-state index is -1.07. The van der Waals surface area contributed by atoms with Crippen LogP contribution in [0.3, 0.4) is 0 Å². The number of nitrogens with zero attached hydrogens (tertiary/aromatic N) is 1. The highest BCUT2D eigenvalue weighted by atomic mass is 79.9. The van der Waals surface area contributed by atoms with Crippen molar-refractivity contribution < 1.29 is 18.6 Å². The van der Waals surface area contributed by atoms with E-state index < -0.39 is 17.9 Å². The zero-order valence-electron chi connectivity index (χ0n) is 12.2. The van der Waals surface area contributed by atoms with Crippen molar-refractivity contribution in [3.63, 3.8) is 0 Å². The van der Waals surface area contributed by atoms with Gasteiger partial charge in [0.2, 0.25) is 0 Å². The second-order valence-corrected chi connectivity index (χ2v) is 5.57. The first kappa shape index (κ1) is 17.5. The van der Waals surface area contributed by atoms with Crippen LogP contribution in [-0.4, -0.2) is 24.7 Å². The van der Waals surface area contributed by atoms with Gasteiger partial charge in [-0.1, -0.05) is 22.0 Å². The number of rotatable bonds is 5. The Morgan fingerprint density at radius 1 is 1.22 bits per heavy atom. The number of aliphatic hydroxyl groups is 1. The zero-order chi connectivity index (χ0) is 16.8. The molecule has 1 atom stereocenters. The van der Waals surface area contributed by atoms with E-state index in [1.54, 1.807) is 18.2 Å². The van der Waals surface area contributed by atoms with Gasteiger partial charge in [-0.3, -0.25) is 4.99 Å². The number of ether oxygens (including phenoxy) is 1. The monoisotopic (exact) mass is 381 g/mol. The second-order valence-electron chi connectivity index (χ2n) is 4.65. The average Bonchev–Trinajstić information content (AvgIpc) is 2.51. The first-order valence-corrected chi connectivity index (χ1v) is 7.46. The molecule has 0 spiro atoms. The molecule has 0 heterocycles. The number of benzene rings is 2. The van der Waals surface area contributed by atoms with Crippen LogP contribution in [0.1, 0.15) is 11.1 Å². The lowest BCUT2D eigenvalue weighted by Gasteiger charge is -2.02. The minimum absolute atomic E-state index is 0.296. The van der Waals surface area contributed by atoms with Crippen LogP contribution in [0.15, 0.2) is 51.9 Å². The van der Waals surface area contributed by atoms with Gasteiger partial charge in [-0.25, -0.2) is 8.78 Å². The molecular weight excluding hydrogens is 368 g/mol. The van der Waals surface area contributed by atoms with E-state index in [4.69, 9.17) is 0 Å². The number of aliphatic imine (C=N–C) groups is 1. The van der Waals surface area contributed by atoms with Gasteiger partial charge in [0.05, 0.1) is 5.69 Å². The van der Waals surface area contributed by atoms with Gasteiger partial charge in [0.1, 0.15) is 11.6 Å². The maximum absolute atomic E-state index is 13.7. The molecule has 6 heteroatoms. The first-order valence-electron chi connectivity index (χ1n) is 6.67. The molecule has 0 bridgehead atoms. The van der Waals surface area contributed by atoms with Crippen LogP contribution in [0.4, 0.5) is 14.5 Å². The average molecular weight is 382 g/mol. The summed E-state index contributed by atoms with van der Waals surface area (Å²) < 4.78 is 32.6. The second kappa shape index (κ2) is 8.10. The fourth-order valence-electron chi connectivity index (χ4n) is 1.79. The Balaban J connectivity index is 2.24. The summed E-state index contributed by atoms with van der Waals surface area (Å²) in [6.07, 6.45) is 3.14. The van der Waals surface area contributed by atoms with Crippen molar-refractivity contribution in [3.8, 4) is 0 Å². The van der Waals surface area contributed by atoms with Crippen LogP contribution in [-0.2, 0) is 4.74 Å². The topological polar surface area (TPSA) is 41.8 Å². The molecule has 0 aromatic heterocycles. The number of hydrogen-bond donors (Lipinski definition) is 1. The molecule has 1 N–H and O–H groups in total. The molecule has 120 valence electrons. The number of halogens is 3. The summed E-state index contributed by atoms with van der Waals surface area (Å²) in [4.78, 5) is 4.09. The molecule has 2 rings (SSSR count). The van der Waals surface area contributed by atoms with Crippen molar-refractivity contribution in [2.75, 3.05) is 7.11 Å². The molecule has 0 saturated carbocycles. The Bertz CT molecular complexity index is 747. The normalized spacial score (nSPS) is 13.1. The predicted octanol–water partition coefficient (Wildman–Crippen LogP) is 4.46. The fraction of sp³-hybridized carbons (Fsp3) is 0.118. The summed E-state index contributed by atoms with van der Waals surface area (Å²) in [6.45, 7) is 0. The standard InChI is InChI=1S/C17H14BrF2NO2/c1-23-17(22)5-2-11-6-14(19)9-15(7-11)21-10-12-3-4-13(18)8-16(12)20/h2-10,17,22H,1H3. The van der Waals surface area contributed by atoms with Gasteiger partial charge < -0.3 is 9.84 Å². The molecular formula is C17H14BrF2NO2. The van der Waals surface area contributed by atoms with E-state index in [0.717, 1.165) is 0 Å². The van der Waals surface area contributed by atoms with Gasteiger partial charge in [-0.15, -0.1) is 0 Å². The van der Waals surface area contributed by atoms with E-state index in [1.807, 2.05) is 0 Å². The molecule has 2 aromatic carbocycles.